The Balaban J connectivity index is 2.72. The lowest BCUT2D eigenvalue weighted by molar-refractivity contribution is 0.289. The largest absolute Gasteiger partial charge is 0.494 e. The van der Waals surface area contributed by atoms with Gasteiger partial charge >= 0.3 is 0 Å². The molecule has 0 amide bonds. The van der Waals surface area contributed by atoms with Crippen LogP contribution in [0.25, 0.3) is 0 Å². The van der Waals surface area contributed by atoms with Crippen LogP contribution in [0.3, 0.4) is 0 Å². The molecule has 0 spiro atoms. The van der Waals surface area contributed by atoms with Gasteiger partial charge in [-0.1, -0.05) is 15.9 Å². The standard InChI is InChI=1S/C12H17BrO3/c1-3-15-10-5-6-11(14-2)12(9-10)16-8-4-7-13/h5-6,9H,3-4,7-8H2,1-2H3. The number of ether oxygens (including phenoxy) is 3. The molecule has 0 atom stereocenters. The fourth-order valence-corrected chi connectivity index (χ4v) is 1.49. The summed E-state index contributed by atoms with van der Waals surface area (Å²) in [4.78, 5) is 0. The fourth-order valence-electron chi connectivity index (χ4n) is 1.26. The molecular formula is C12H17BrO3. The number of rotatable bonds is 7. The molecule has 0 aliphatic rings. The van der Waals surface area contributed by atoms with E-state index in [1.807, 2.05) is 25.1 Å². The summed E-state index contributed by atoms with van der Waals surface area (Å²) in [5.41, 5.74) is 0. The molecule has 4 heteroatoms. The highest BCUT2D eigenvalue weighted by atomic mass is 79.9. The molecule has 3 nitrogen and oxygen atoms in total. The highest BCUT2D eigenvalue weighted by Crippen LogP contribution is 2.31. The zero-order valence-electron chi connectivity index (χ0n) is 9.66. The van der Waals surface area contributed by atoms with Crippen LogP contribution in [-0.4, -0.2) is 25.7 Å². The third-order valence-electron chi connectivity index (χ3n) is 1.98. The number of hydrogen-bond acceptors (Lipinski definition) is 3. The number of hydrogen-bond donors (Lipinski definition) is 0. The number of benzene rings is 1. The van der Waals surface area contributed by atoms with Gasteiger partial charge < -0.3 is 14.2 Å². The first-order chi connectivity index (χ1) is 7.81. The summed E-state index contributed by atoms with van der Waals surface area (Å²) in [6, 6.07) is 5.59. The molecule has 0 heterocycles. The van der Waals surface area contributed by atoms with Crippen LogP contribution in [-0.2, 0) is 0 Å². The van der Waals surface area contributed by atoms with Crippen LogP contribution in [0.2, 0.25) is 0 Å². The third kappa shape index (κ3) is 3.93. The third-order valence-corrected chi connectivity index (χ3v) is 2.54. The predicted octanol–water partition coefficient (Wildman–Crippen LogP) is 3.26. The summed E-state index contributed by atoms with van der Waals surface area (Å²) < 4.78 is 16.2. The van der Waals surface area contributed by atoms with Crippen LogP contribution in [0, 0.1) is 0 Å². The Morgan fingerprint density at radius 1 is 1.19 bits per heavy atom. The van der Waals surface area contributed by atoms with Crippen LogP contribution in [0.4, 0.5) is 0 Å². The number of methoxy groups -OCH3 is 1. The summed E-state index contributed by atoms with van der Waals surface area (Å²) in [6.45, 7) is 3.26. The minimum atomic E-state index is 0.646. The van der Waals surface area contributed by atoms with Gasteiger partial charge in [-0.3, -0.25) is 0 Å². The van der Waals surface area contributed by atoms with Gasteiger partial charge in [0, 0.05) is 11.4 Å². The molecule has 0 radical (unpaired) electrons. The molecule has 0 fully saturated rings. The average Bonchev–Trinajstić information content (AvgIpc) is 2.30. The highest BCUT2D eigenvalue weighted by Gasteiger charge is 2.06. The molecule has 0 aliphatic heterocycles. The normalized spacial score (nSPS) is 9.94. The van der Waals surface area contributed by atoms with E-state index in [4.69, 9.17) is 14.2 Å². The average molecular weight is 289 g/mol. The molecule has 0 unspecified atom stereocenters. The van der Waals surface area contributed by atoms with E-state index in [2.05, 4.69) is 15.9 Å². The molecule has 1 aromatic carbocycles. The molecule has 1 aromatic rings. The van der Waals surface area contributed by atoms with Gasteiger partial charge in [-0.05, 0) is 25.5 Å². The van der Waals surface area contributed by atoms with Gasteiger partial charge in [0.1, 0.15) is 5.75 Å². The van der Waals surface area contributed by atoms with Gasteiger partial charge in [0.2, 0.25) is 0 Å². The van der Waals surface area contributed by atoms with Crippen molar-refractivity contribution in [2.24, 2.45) is 0 Å². The quantitative estimate of drug-likeness (QED) is 0.569. The van der Waals surface area contributed by atoms with Gasteiger partial charge in [-0.25, -0.2) is 0 Å². The van der Waals surface area contributed by atoms with Crippen molar-refractivity contribution >= 4 is 15.9 Å². The Hall–Kier alpha value is -0.900. The van der Waals surface area contributed by atoms with E-state index >= 15 is 0 Å². The Bertz CT molecular complexity index is 315. The summed E-state index contributed by atoms with van der Waals surface area (Å²) in [7, 11) is 1.63. The predicted molar refractivity (Wildman–Crippen MR) is 68.1 cm³/mol. The molecule has 0 N–H and O–H groups in total. The molecule has 0 aliphatic carbocycles. The molecule has 0 saturated carbocycles. The molecule has 0 bridgehead atoms. The summed E-state index contributed by atoms with van der Waals surface area (Å²) in [6.07, 6.45) is 0.960. The fraction of sp³-hybridized carbons (Fsp3) is 0.500. The Morgan fingerprint density at radius 3 is 2.62 bits per heavy atom. The van der Waals surface area contributed by atoms with E-state index in [0.29, 0.717) is 13.2 Å². The zero-order chi connectivity index (χ0) is 11.8. The lowest BCUT2D eigenvalue weighted by Crippen LogP contribution is -2.00. The van der Waals surface area contributed by atoms with E-state index in [0.717, 1.165) is 29.0 Å². The van der Waals surface area contributed by atoms with E-state index in [1.54, 1.807) is 7.11 Å². The topological polar surface area (TPSA) is 27.7 Å². The lowest BCUT2D eigenvalue weighted by atomic mass is 10.3. The van der Waals surface area contributed by atoms with Crippen LogP contribution >= 0.6 is 15.9 Å². The van der Waals surface area contributed by atoms with Crippen molar-refractivity contribution in [2.45, 2.75) is 13.3 Å². The second-order valence-electron chi connectivity index (χ2n) is 3.14. The van der Waals surface area contributed by atoms with E-state index in [1.165, 1.54) is 0 Å². The van der Waals surface area contributed by atoms with Crippen LogP contribution in [0.1, 0.15) is 13.3 Å². The second kappa shape index (κ2) is 7.39. The van der Waals surface area contributed by atoms with Crippen molar-refractivity contribution in [1.29, 1.82) is 0 Å². The maximum absolute atomic E-state index is 5.62. The minimum absolute atomic E-state index is 0.646. The first-order valence-electron chi connectivity index (χ1n) is 5.31. The van der Waals surface area contributed by atoms with E-state index in [9.17, 15) is 0 Å². The van der Waals surface area contributed by atoms with Crippen molar-refractivity contribution in [3.8, 4) is 17.2 Å². The highest BCUT2D eigenvalue weighted by molar-refractivity contribution is 9.09. The smallest absolute Gasteiger partial charge is 0.164 e. The SMILES string of the molecule is CCOc1ccc(OC)c(OCCCBr)c1. The van der Waals surface area contributed by atoms with Gasteiger partial charge in [0.25, 0.3) is 0 Å². The van der Waals surface area contributed by atoms with Crippen molar-refractivity contribution in [3.05, 3.63) is 18.2 Å². The Kier molecular flexibility index (Phi) is 6.08. The van der Waals surface area contributed by atoms with Crippen molar-refractivity contribution < 1.29 is 14.2 Å². The molecule has 1 rings (SSSR count). The maximum Gasteiger partial charge on any atom is 0.164 e. The van der Waals surface area contributed by atoms with Crippen LogP contribution < -0.4 is 14.2 Å². The van der Waals surface area contributed by atoms with Gasteiger partial charge in [-0.15, -0.1) is 0 Å². The first kappa shape index (κ1) is 13.2. The van der Waals surface area contributed by atoms with Crippen LogP contribution in [0.5, 0.6) is 17.2 Å². The van der Waals surface area contributed by atoms with Gasteiger partial charge in [0.05, 0.1) is 20.3 Å². The summed E-state index contributed by atoms with van der Waals surface area (Å²) in [5, 5.41) is 0.931. The molecule has 0 aromatic heterocycles. The maximum atomic E-state index is 5.62. The van der Waals surface area contributed by atoms with Crippen LogP contribution in [0.15, 0.2) is 18.2 Å². The summed E-state index contributed by atoms with van der Waals surface area (Å²) in [5.74, 6) is 2.27. The number of halogens is 1. The molecule has 0 saturated heterocycles. The van der Waals surface area contributed by atoms with Gasteiger partial charge in [-0.2, -0.15) is 0 Å². The zero-order valence-corrected chi connectivity index (χ0v) is 11.2. The second-order valence-corrected chi connectivity index (χ2v) is 3.93. The molecule has 16 heavy (non-hydrogen) atoms. The lowest BCUT2D eigenvalue weighted by Gasteiger charge is -2.12. The summed E-state index contributed by atoms with van der Waals surface area (Å²) >= 11 is 3.36. The van der Waals surface area contributed by atoms with Gasteiger partial charge in [0.15, 0.2) is 11.5 Å². The van der Waals surface area contributed by atoms with E-state index < -0.39 is 0 Å². The Labute approximate surface area is 105 Å². The Morgan fingerprint density at radius 2 is 2.00 bits per heavy atom. The monoisotopic (exact) mass is 288 g/mol. The molecular weight excluding hydrogens is 272 g/mol. The van der Waals surface area contributed by atoms with Crippen molar-refractivity contribution in [1.82, 2.24) is 0 Å². The van der Waals surface area contributed by atoms with Crippen molar-refractivity contribution in [3.63, 3.8) is 0 Å². The van der Waals surface area contributed by atoms with E-state index in [-0.39, 0.29) is 0 Å². The number of alkyl halides is 1. The first-order valence-corrected chi connectivity index (χ1v) is 6.43. The van der Waals surface area contributed by atoms with Crippen molar-refractivity contribution in [2.75, 3.05) is 25.7 Å². The minimum Gasteiger partial charge on any atom is -0.494 e. The molecule has 90 valence electrons.